The van der Waals surface area contributed by atoms with Crippen LogP contribution in [0.5, 0.6) is 5.75 Å². The number of ether oxygens (including phenoxy) is 1. The molecule has 1 rings (SSSR count). The van der Waals surface area contributed by atoms with Gasteiger partial charge >= 0.3 is 0 Å². The van der Waals surface area contributed by atoms with E-state index in [2.05, 4.69) is 0 Å². The summed E-state index contributed by atoms with van der Waals surface area (Å²) in [5.74, 6) is 0.459. The average molecular weight is 216 g/mol. The second kappa shape index (κ2) is 5.66. The molecule has 0 saturated heterocycles. The van der Waals surface area contributed by atoms with Crippen LogP contribution in [0.2, 0.25) is 0 Å². The molecule has 0 aliphatic rings. The Balaban J connectivity index is 2.88. The summed E-state index contributed by atoms with van der Waals surface area (Å²) in [5, 5.41) is 8.67. The van der Waals surface area contributed by atoms with Gasteiger partial charge in [0.05, 0.1) is 7.11 Å². The second-order valence-corrected chi connectivity index (χ2v) is 3.20. The summed E-state index contributed by atoms with van der Waals surface area (Å²) in [6.45, 7) is 0.0831. The SMILES string of the molecule is COc1cc(C(F)F)ccc1CCCO. The average Bonchev–Trinajstić information content (AvgIpc) is 2.25. The topological polar surface area (TPSA) is 29.5 Å². The summed E-state index contributed by atoms with van der Waals surface area (Å²) in [6, 6.07) is 4.35. The lowest BCUT2D eigenvalue weighted by molar-refractivity contribution is 0.151. The first kappa shape index (κ1) is 11.9. The first-order chi connectivity index (χ1) is 7.19. The van der Waals surface area contributed by atoms with Gasteiger partial charge in [0, 0.05) is 12.2 Å². The normalized spacial score (nSPS) is 10.7. The van der Waals surface area contributed by atoms with E-state index in [0.717, 1.165) is 5.56 Å². The molecule has 0 unspecified atom stereocenters. The molecule has 1 N–H and O–H groups in total. The minimum atomic E-state index is -2.48. The number of aliphatic hydroxyl groups excluding tert-OH is 1. The number of alkyl halides is 2. The second-order valence-electron chi connectivity index (χ2n) is 3.20. The van der Waals surface area contributed by atoms with Crippen LogP contribution in [0.4, 0.5) is 8.78 Å². The quantitative estimate of drug-likeness (QED) is 0.819. The minimum absolute atomic E-state index is 0.0420. The van der Waals surface area contributed by atoms with Crippen LogP contribution >= 0.6 is 0 Å². The van der Waals surface area contributed by atoms with Gasteiger partial charge in [0.1, 0.15) is 5.75 Å². The van der Waals surface area contributed by atoms with E-state index in [-0.39, 0.29) is 12.2 Å². The van der Waals surface area contributed by atoms with Crippen molar-refractivity contribution in [3.05, 3.63) is 29.3 Å². The largest absolute Gasteiger partial charge is 0.496 e. The van der Waals surface area contributed by atoms with Gasteiger partial charge in [-0.05, 0) is 24.5 Å². The third kappa shape index (κ3) is 3.16. The van der Waals surface area contributed by atoms with Gasteiger partial charge in [-0.25, -0.2) is 8.78 Å². The Morgan fingerprint density at radius 2 is 2.13 bits per heavy atom. The first-order valence-electron chi connectivity index (χ1n) is 4.75. The van der Waals surface area contributed by atoms with Crippen LogP contribution in [0.1, 0.15) is 24.0 Å². The molecule has 4 heteroatoms. The molecule has 0 aliphatic heterocycles. The van der Waals surface area contributed by atoms with Gasteiger partial charge in [-0.2, -0.15) is 0 Å². The highest BCUT2D eigenvalue weighted by molar-refractivity contribution is 5.38. The molecule has 0 saturated carbocycles. The molecule has 0 radical (unpaired) electrons. The third-order valence-corrected chi connectivity index (χ3v) is 2.17. The van der Waals surface area contributed by atoms with Crippen molar-refractivity contribution in [3.8, 4) is 5.75 Å². The van der Waals surface area contributed by atoms with Gasteiger partial charge in [-0.3, -0.25) is 0 Å². The molecule has 0 bridgehead atoms. The number of methoxy groups -OCH3 is 1. The fourth-order valence-corrected chi connectivity index (χ4v) is 1.37. The Morgan fingerprint density at radius 1 is 1.40 bits per heavy atom. The first-order valence-corrected chi connectivity index (χ1v) is 4.75. The molecular weight excluding hydrogens is 202 g/mol. The maximum absolute atomic E-state index is 12.4. The molecule has 1 aromatic carbocycles. The number of halogens is 2. The number of hydrogen-bond acceptors (Lipinski definition) is 2. The molecule has 0 aromatic heterocycles. The number of benzene rings is 1. The lowest BCUT2D eigenvalue weighted by Gasteiger charge is -2.09. The van der Waals surface area contributed by atoms with E-state index in [0.29, 0.717) is 18.6 Å². The van der Waals surface area contributed by atoms with Crippen molar-refractivity contribution in [3.63, 3.8) is 0 Å². The van der Waals surface area contributed by atoms with Crippen molar-refractivity contribution in [2.24, 2.45) is 0 Å². The van der Waals surface area contributed by atoms with E-state index in [1.165, 1.54) is 19.2 Å². The van der Waals surface area contributed by atoms with Crippen LogP contribution in [-0.4, -0.2) is 18.8 Å². The fraction of sp³-hybridized carbons (Fsp3) is 0.455. The fourth-order valence-electron chi connectivity index (χ4n) is 1.37. The summed E-state index contributed by atoms with van der Waals surface area (Å²) in [6.07, 6.45) is -1.25. The summed E-state index contributed by atoms with van der Waals surface area (Å²) in [5.41, 5.74) is 0.801. The lowest BCUT2D eigenvalue weighted by Crippen LogP contribution is -1.96. The summed E-state index contributed by atoms with van der Waals surface area (Å²) >= 11 is 0. The van der Waals surface area contributed by atoms with E-state index in [9.17, 15) is 8.78 Å². The number of aliphatic hydroxyl groups is 1. The molecule has 15 heavy (non-hydrogen) atoms. The highest BCUT2D eigenvalue weighted by Crippen LogP contribution is 2.27. The van der Waals surface area contributed by atoms with Crippen molar-refractivity contribution in [2.75, 3.05) is 13.7 Å². The van der Waals surface area contributed by atoms with Crippen LogP contribution in [-0.2, 0) is 6.42 Å². The highest BCUT2D eigenvalue weighted by Gasteiger charge is 2.10. The van der Waals surface area contributed by atoms with E-state index >= 15 is 0 Å². The lowest BCUT2D eigenvalue weighted by atomic mass is 10.1. The van der Waals surface area contributed by atoms with Crippen LogP contribution in [0.3, 0.4) is 0 Å². The van der Waals surface area contributed by atoms with Gasteiger partial charge in [0.25, 0.3) is 6.43 Å². The molecule has 2 nitrogen and oxygen atoms in total. The van der Waals surface area contributed by atoms with Crippen molar-refractivity contribution < 1.29 is 18.6 Å². The molecular formula is C11H14F2O2. The van der Waals surface area contributed by atoms with Crippen LogP contribution in [0, 0.1) is 0 Å². The zero-order valence-corrected chi connectivity index (χ0v) is 8.54. The van der Waals surface area contributed by atoms with E-state index in [4.69, 9.17) is 9.84 Å². The predicted octanol–water partition coefficient (Wildman–Crippen LogP) is 2.56. The Kier molecular flexibility index (Phi) is 4.49. The standard InChI is InChI=1S/C11H14F2O2/c1-15-10-7-9(11(12)13)5-4-8(10)3-2-6-14/h4-5,7,11,14H,2-3,6H2,1H3. The number of hydrogen-bond donors (Lipinski definition) is 1. The monoisotopic (exact) mass is 216 g/mol. The van der Waals surface area contributed by atoms with Gasteiger partial charge in [-0.1, -0.05) is 12.1 Å². The van der Waals surface area contributed by atoms with Crippen molar-refractivity contribution in [2.45, 2.75) is 19.3 Å². The molecule has 0 heterocycles. The number of aryl methyl sites for hydroxylation is 1. The minimum Gasteiger partial charge on any atom is -0.496 e. The highest BCUT2D eigenvalue weighted by atomic mass is 19.3. The zero-order valence-electron chi connectivity index (χ0n) is 8.54. The number of rotatable bonds is 5. The van der Waals surface area contributed by atoms with Crippen LogP contribution in [0.25, 0.3) is 0 Å². The van der Waals surface area contributed by atoms with Crippen LogP contribution < -0.4 is 4.74 Å². The molecule has 1 aromatic rings. The Morgan fingerprint density at radius 3 is 2.67 bits per heavy atom. The molecule has 0 fully saturated rings. The third-order valence-electron chi connectivity index (χ3n) is 2.17. The molecule has 0 atom stereocenters. The van der Waals surface area contributed by atoms with E-state index < -0.39 is 6.43 Å². The smallest absolute Gasteiger partial charge is 0.263 e. The molecule has 0 aliphatic carbocycles. The van der Waals surface area contributed by atoms with Crippen molar-refractivity contribution in [1.82, 2.24) is 0 Å². The molecule has 84 valence electrons. The van der Waals surface area contributed by atoms with Gasteiger partial charge in [0.15, 0.2) is 0 Å². The summed E-state index contributed by atoms with van der Waals surface area (Å²) in [4.78, 5) is 0. The van der Waals surface area contributed by atoms with Gasteiger partial charge in [-0.15, -0.1) is 0 Å². The van der Waals surface area contributed by atoms with Crippen molar-refractivity contribution >= 4 is 0 Å². The summed E-state index contributed by atoms with van der Waals surface area (Å²) < 4.78 is 29.8. The van der Waals surface area contributed by atoms with Crippen LogP contribution in [0.15, 0.2) is 18.2 Å². The summed E-state index contributed by atoms with van der Waals surface area (Å²) in [7, 11) is 1.45. The Bertz CT molecular complexity index is 313. The van der Waals surface area contributed by atoms with Gasteiger partial charge in [0.2, 0.25) is 0 Å². The van der Waals surface area contributed by atoms with Gasteiger partial charge < -0.3 is 9.84 Å². The molecule has 0 amide bonds. The maximum atomic E-state index is 12.4. The maximum Gasteiger partial charge on any atom is 0.263 e. The Labute approximate surface area is 87.5 Å². The van der Waals surface area contributed by atoms with E-state index in [1.54, 1.807) is 6.07 Å². The van der Waals surface area contributed by atoms with Crippen molar-refractivity contribution in [1.29, 1.82) is 0 Å². The predicted molar refractivity (Wildman–Crippen MR) is 53.4 cm³/mol. The Hall–Kier alpha value is -1.16. The molecule has 0 spiro atoms. The van der Waals surface area contributed by atoms with E-state index in [1.807, 2.05) is 0 Å². The zero-order chi connectivity index (χ0) is 11.3.